The average Bonchev–Trinajstić information content (AvgIpc) is 3.22. The molecule has 3 aliphatic rings. The highest BCUT2D eigenvalue weighted by Crippen LogP contribution is 2.47. The van der Waals surface area contributed by atoms with E-state index in [-0.39, 0.29) is 5.75 Å². The number of allylic oxidation sites excluding steroid dienone is 3. The van der Waals surface area contributed by atoms with Crippen LogP contribution in [0.3, 0.4) is 0 Å². The van der Waals surface area contributed by atoms with Gasteiger partial charge in [0.2, 0.25) is 0 Å². The summed E-state index contributed by atoms with van der Waals surface area (Å²) in [6, 6.07) is 13.9. The minimum Gasteiger partial charge on any atom is -0.507 e. The van der Waals surface area contributed by atoms with Gasteiger partial charge in [-0.2, -0.15) is 0 Å². The Bertz CT molecular complexity index is 1600. The molecule has 3 aliphatic heterocycles. The van der Waals surface area contributed by atoms with Crippen LogP contribution in [0, 0.1) is 0 Å². The molecule has 0 fully saturated rings. The highest BCUT2D eigenvalue weighted by atomic mass is 16.5. The van der Waals surface area contributed by atoms with Gasteiger partial charge >= 0.3 is 0 Å². The number of nitrogens with one attached hydrogen (secondary N) is 1. The Balaban J connectivity index is 1.59. The molecule has 2 bridgehead atoms. The second-order valence-corrected chi connectivity index (χ2v) is 8.38. The van der Waals surface area contributed by atoms with Crippen LogP contribution in [0.15, 0.2) is 78.3 Å². The largest absolute Gasteiger partial charge is 0.507 e. The van der Waals surface area contributed by atoms with Crippen LogP contribution in [0.4, 0.5) is 11.5 Å². The summed E-state index contributed by atoms with van der Waals surface area (Å²) >= 11 is 0. The van der Waals surface area contributed by atoms with Gasteiger partial charge in [0.15, 0.2) is 17.4 Å². The first-order valence-electron chi connectivity index (χ1n) is 11.1. The molecule has 0 atom stereocenters. The Morgan fingerprint density at radius 2 is 2.00 bits per heavy atom. The summed E-state index contributed by atoms with van der Waals surface area (Å²) in [6.07, 6.45) is 8.95. The van der Waals surface area contributed by atoms with E-state index in [4.69, 9.17) is 14.7 Å². The van der Waals surface area contributed by atoms with Gasteiger partial charge < -0.3 is 15.2 Å². The third-order valence-electron chi connectivity index (χ3n) is 6.59. The van der Waals surface area contributed by atoms with Crippen molar-refractivity contribution in [2.75, 3.05) is 16.8 Å². The molecule has 3 aromatic carbocycles. The van der Waals surface area contributed by atoms with Crippen LogP contribution >= 0.6 is 0 Å². The first-order chi connectivity index (χ1) is 16.2. The van der Waals surface area contributed by atoms with Gasteiger partial charge in [-0.25, -0.2) is 9.97 Å². The van der Waals surface area contributed by atoms with Gasteiger partial charge in [-0.05, 0) is 53.1 Å². The van der Waals surface area contributed by atoms with Crippen molar-refractivity contribution >= 4 is 33.2 Å². The molecule has 0 saturated carbocycles. The first-order valence-corrected chi connectivity index (χ1v) is 11.1. The summed E-state index contributed by atoms with van der Waals surface area (Å²) in [7, 11) is 0. The number of phenols is 1. The average molecular weight is 432 g/mol. The van der Waals surface area contributed by atoms with E-state index in [0.29, 0.717) is 18.0 Å². The number of fused-ring (bicyclic) bond motifs is 3. The molecule has 0 aliphatic carbocycles. The molecule has 4 aromatic rings. The van der Waals surface area contributed by atoms with Crippen LogP contribution in [0.5, 0.6) is 11.5 Å². The molecular weight excluding hydrogens is 412 g/mol. The number of rotatable bonds is 2. The van der Waals surface area contributed by atoms with E-state index in [0.717, 1.165) is 56.7 Å². The van der Waals surface area contributed by atoms with Crippen LogP contribution in [-0.2, 0) is 6.42 Å². The fourth-order valence-corrected chi connectivity index (χ4v) is 5.01. The van der Waals surface area contributed by atoms with E-state index < -0.39 is 0 Å². The summed E-state index contributed by atoms with van der Waals surface area (Å²) in [4.78, 5) is 12.0. The molecule has 2 N–H and O–H groups in total. The van der Waals surface area contributed by atoms with Gasteiger partial charge in [-0.1, -0.05) is 37.3 Å². The number of hydrogen-bond acceptors (Lipinski definition) is 6. The van der Waals surface area contributed by atoms with Crippen molar-refractivity contribution in [1.82, 2.24) is 9.97 Å². The summed E-state index contributed by atoms with van der Waals surface area (Å²) in [5.74, 6) is 2.17. The first kappa shape index (κ1) is 18.3. The lowest BCUT2D eigenvalue weighted by molar-refractivity contribution is 0.360. The smallest absolute Gasteiger partial charge is 0.166 e. The maximum atomic E-state index is 11.0. The maximum absolute atomic E-state index is 11.0. The highest BCUT2D eigenvalue weighted by molar-refractivity contribution is 6.05. The normalized spacial score (nSPS) is 15.6. The Morgan fingerprint density at radius 1 is 1.06 bits per heavy atom. The number of hydrogen-bond donors (Lipinski definition) is 2. The van der Waals surface area contributed by atoms with Crippen molar-refractivity contribution in [1.29, 1.82) is 0 Å². The lowest BCUT2D eigenvalue weighted by Crippen LogP contribution is -2.22. The number of aryl methyl sites for hydroxylation is 1. The number of anilines is 2. The minimum absolute atomic E-state index is 0.169. The fraction of sp³-hybridized carbons (Fsp3) is 0.111. The molecule has 160 valence electrons. The van der Waals surface area contributed by atoms with Gasteiger partial charge in [0, 0.05) is 6.20 Å². The molecular formula is C27H20N4O2. The predicted molar refractivity (Wildman–Crippen MR) is 130 cm³/mol. The third-order valence-corrected chi connectivity index (χ3v) is 6.59. The topological polar surface area (TPSA) is 70.5 Å². The van der Waals surface area contributed by atoms with Crippen LogP contribution in [0.2, 0.25) is 0 Å². The van der Waals surface area contributed by atoms with Gasteiger partial charge in [-0.15, -0.1) is 0 Å². The van der Waals surface area contributed by atoms with Crippen LogP contribution in [0.1, 0.15) is 12.5 Å². The number of aromatic nitrogens is 2. The van der Waals surface area contributed by atoms with Crippen molar-refractivity contribution < 1.29 is 9.84 Å². The highest BCUT2D eigenvalue weighted by Gasteiger charge is 2.31. The lowest BCUT2D eigenvalue weighted by Gasteiger charge is -2.24. The monoisotopic (exact) mass is 432 g/mol. The molecule has 0 amide bonds. The van der Waals surface area contributed by atoms with Gasteiger partial charge in [-0.3, -0.25) is 4.90 Å². The molecule has 6 nitrogen and oxygen atoms in total. The molecule has 0 radical (unpaired) electrons. The second-order valence-electron chi connectivity index (χ2n) is 8.38. The third kappa shape index (κ3) is 2.49. The van der Waals surface area contributed by atoms with E-state index in [1.165, 1.54) is 5.56 Å². The van der Waals surface area contributed by atoms with E-state index in [1.54, 1.807) is 6.07 Å². The molecule has 6 heteroatoms. The van der Waals surface area contributed by atoms with E-state index >= 15 is 0 Å². The summed E-state index contributed by atoms with van der Waals surface area (Å²) in [6.45, 7) is 2.56. The second kappa shape index (κ2) is 6.59. The Labute approximate surface area is 190 Å². The quantitative estimate of drug-likeness (QED) is 0.427. The number of aromatic hydroxyl groups is 1. The number of phenolic OH excluding ortho intramolecular Hbond substituents is 1. The Morgan fingerprint density at radius 3 is 2.91 bits per heavy atom. The van der Waals surface area contributed by atoms with Crippen LogP contribution < -0.4 is 15.0 Å². The number of benzene rings is 3. The van der Waals surface area contributed by atoms with Crippen molar-refractivity contribution in [3.8, 4) is 22.9 Å². The van der Waals surface area contributed by atoms with E-state index in [2.05, 4.69) is 23.2 Å². The van der Waals surface area contributed by atoms with Crippen molar-refractivity contribution in [3.05, 3.63) is 83.9 Å². The van der Waals surface area contributed by atoms with Gasteiger partial charge in [0.1, 0.15) is 12.4 Å². The molecule has 0 saturated heterocycles. The Hall–Kier alpha value is -4.32. The van der Waals surface area contributed by atoms with Crippen LogP contribution in [0.25, 0.3) is 33.1 Å². The summed E-state index contributed by atoms with van der Waals surface area (Å²) in [5, 5.41) is 17.4. The zero-order chi connectivity index (χ0) is 22.1. The molecule has 33 heavy (non-hydrogen) atoms. The summed E-state index contributed by atoms with van der Waals surface area (Å²) < 4.78 is 6.23. The lowest BCUT2D eigenvalue weighted by atomic mass is 9.97. The number of nitrogens with zero attached hydrogens (tertiary/aromatic N) is 3. The van der Waals surface area contributed by atoms with Crippen molar-refractivity contribution in [2.45, 2.75) is 13.3 Å². The standard InChI is InChI=1S/C27H20N4O2/c1-2-15-6-5-7-17-16(15)9-12-22(32)23(17)26-29-19-10-11-20-25-24(19)27(30-26)31-13-4-3-8-18(28-20)21(31)14-33-25/h3-13,28,32H,2,14H2,1H3. The van der Waals surface area contributed by atoms with E-state index in [9.17, 15) is 5.11 Å². The molecule has 0 unspecified atom stereocenters. The number of ether oxygens (including phenoxy) is 1. The minimum atomic E-state index is 0.169. The zero-order valence-corrected chi connectivity index (χ0v) is 18.0. The molecule has 7 rings (SSSR count). The Kier molecular flexibility index (Phi) is 3.65. The molecule has 0 spiro atoms. The maximum Gasteiger partial charge on any atom is 0.166 e. The molecule has 4 heterocycles. The molecule has 1 aromatic heterocycles. The SMILES string of the molecule is CCc1cccc2c(-c3nc4c5c6c(ccc5n3)NC3=C(CO6)N4C=CC=C3)c(O)ccc12. The van der Waals surface area contributed by atoms with Gasteiger partial charge in [0.05, 0.1) is 33.5 Å². The van der Waals surface area contributed by atoms with Gasteiger partial charge in [0.25, 0.3) is 0 Å². The van der Waals surface area contributed by atoms with Crippen molar-refractivity contribution in [3.63, 3.8) is 0 Å². The summed E-state index contributed by atoms with van der Waals surface area (Å²) in [5.41, 5.74) is 5.50. The van der Waals surface area contributed by atoms with E-state index in [1.807, 2.05) is 54.8 Å². The van der Waals surface area contributed by atoms with Crippen LogP contribution in [-0.4, -0.2) is 21.7 Å². The van der Waals surface area contributed by atoms with Crippen molar-refractivity contribution in [2.24, 2.45) is 0 Å². The predicted octanol–water partition coefficient (Wildman–Crippen LogP) is 5.64. The zero-order valence-electron chi connectivity index (χ0n) is 18.0. The fourth-order valence-electron chi connectivity index (χ4n) is 5.01.